The maximum atomic E-state index is 11.9. The number of hydrogen-bond donors (Lipinski definition) is 2. The van der Waals surface area contributed by atoms with Crippen LogP contribution in [0.3, 0.4) is 0 Å². The molecule has 0 aromatic carbocycles. The summed E-state index contributed by atoms with van der Waals surface area (Å²) >= 11 is 0. The van der Waals surface area contributed by atoms with Crippen LogP contribution in [0.15, 0.2) is 17.2 Å². The van der Waals surface area contributed by atoms with E-state index in [2.05, 4.69) is 15.6 Å². The number of carbonyl (C=O) groups is 1. The van der Waals surface area contributed by atoms with Gasteiger partial charge in [-0.3, -0.25) is 10.1 Å². The molecule has 3 rings (SSSR count). The van der Waals surface area contributed by atoms with Gasteiger partial charge in [0.25, 0.3) is 5.56 Å². The van der Waals surface area contributed by atoms with Crippen molar-refractivity contribution >= 4 is 11.8 Å². The molecule has 0 radical (unpaired) electrons. The summed E-state index contributed by atoms with van der Waals surface area (Å²) in [6.45, 7) is 0.705. The molecule has 1 heterocycles. The lowest BCUT2D eigenvalue weighted by molar-refractivity contribution is 0.103. The molecule has 6 nitrogen and oxygen atoms in total. The van der Waals surface area contributed by atoms with E-state index in [0.717, 1.165) is 5.92 Å². The number of nitrogens with one attached hydrogen (secondary N) is 2. The molecule has 6 heteroatoms. The number of anilines is 1. The van der Waals surface area contributed by atoms with Crippen LogP contribution in [0.2, 0.25) is 0 Å². The van der Waals surface area contributed by atoms with Gasteiger partial charge in [0, 0.05) is 26.0 Å². The van der Waals surface area contributed by atoms with E-state index < -0.39 is 0 Å². The van der Waals surface area contributed by atoms with Crippen molar-refractivity contribution in [2.45, 2.75) is 32.1 Å². The van der Waals surface area contributed by atoms with Crippen molar-refractivity contribution in [1.29, 1.82) is 0 Å². The van der Waals surface area contributed by atoms with E-state index in [9.17, 15) is 9.59 Å². The Morgan fingerprint density at radius 3 is 2.85 bits per heavy atom. The number of urea groups is 1. The second-order valence-electron chi connectivity index (χ2n) is 5.99. The van der Waals surface area contributed by atoms with Gasteiger partial charge in [-0.15, -0.1) is 0 Å². The Hall–Kier alpha value is -1.85. The Morgan fingerprint density at radius 2 is 2.25 bits per heavy atom. The molecule has 20 heavy (non-hydrogen) atoms. The van der Waals surface area contributed by atoms with Crippen LogP contribution < -0.4 is 16.2 Å². The second-order valence-corrected chi connectivity index (χ2v) is 5.99. The van der Waals surface area contributed by atoms with E-state index in [-0.39, 0.29) is 17.4 Å². The molecule has 0 aliphatic heterocycles. The molecule has 0 atom stereocenters. The highest BCUT2D eigenvalue weighted by Crippen LogP contribution is 2.56. The number of carbonyl (C=O) groups excluding carboxylic acids is 1. The third-order valence-electron chi connectivity index (χ3n) is 4.64. The molecule has 2 amide bonds. The molecular formula is C14H20N4O2. The van der Waals surface area contributed by atoms with Crippen molar-refractivity contribution in [3.8, 4) is 0 Å². The Labute approximate surface area is 117 Å². The van der Waals surface area contributed by atoms with Crippen LogP contribution in [0, 0.1) is 11.3 Å². The highest BCUT2D eigenvalue weighted by molar-refractivity contribution is 5.87. The van der Waals surface area contributed by atoms with Crippen molar-refractivity contribution < 1.29 is 4.79 Å². The average Bonchev–Trinajstić information content (AvgIpc) is 3.18. The van der Waals surface area contributed by atoms with E-state index in [1.807, 2.05) is 0 Å². The summed E-state index contributed by atoms with van der Waals surface area (Å²) in [5.74, 6) is 0.862. The van der Waals surface area contributed by atoms with Crippen molar-refractivity contribution in [2.24, 2.45) is 18.4 Å². The van der Waals surface area contributed by atoms with E-state index >= 15 is 0 Å². The van der Waals surface area contributed by atoms with Crippen LogP contribution in [-0.4, -0.2) is 22.1 Å². The van der Waals surface area contributed by atoms with Gasteiger partial charge in [-0.2, -0.15) is 0 Å². The van der Waals surface area contributed by atoms with Gasteiger partial charge in [0.15, 0.2) is 0 Å². The summed E-state index contributed by atoms with van der Waals surface area (Å²) < 4.78 is 1.39. The van der Waals surface area contributed by atoms with Gasteiger partial charge in [0.1, 0.15) is 0 Å². The number of nitrogens with zero attached hydrogens (tertiary/aromatic N) is 2. The normalized spacial score (nSPS) is 20.1. The smallest absolute Gasteiger partial charge is 0.320 e. The van der Waals surface area contributed by atoms with Crippen LogP contribution >= 0.6 is 0 Å². The first-order valence-electron chi connectivity index (χ1n) is 7.17. The fourth-order valence-electron chi connectivity index (χ4n) is 3.05. The van der Waals surface area contributed by atoms with E-state index in [4.69, 9.17) is 0 Å². The number of hydrogen-bond acceptors (Lipinski definition) is 3. The molecule has 2 saturated carbocycles. The van der Waals surface area contributed by atoms with Gasteiger partial charge in [0.05, 0.1) is 0 Å². The molecule has 2 fully saturated rings. The summed E-state index contributed by atoms with van der Waals surface area (Å²) in [5, 5.41) is 5.44. The fraction of sp³-hybridized carbons (Fsp3) is 0.643. The average molecular weight is 276 g/mol. The summed E-state index contributed by atoms with van der Waals surface area (Å²) in [7, 11) is 1.63. The minimum atomic E-state index is -0.340. The Bertz CT molecular complexity index is 573. The van der Waals surface area contributed by atoms with Gasteiger partial charge in [-0.05, 0) is 37.0 Å². The molecular weight excluding hydrogens is 256 g/mol. The van der Waals surface area contributed by atoms with Crippen LogP contribution in [0.4, 0.5) is 10.6 Å². The van der Waals surface area contributed by atoms with Crippen molar-refractivity contribution in [1.82, 2.24) is 14.9 Å². The first-order chi connectivity index (χ1) is 9.61. The Morgan fingerprint density at radius 1 is 1.50 bits per heavy atom. The van der Waals surface area contributed by atoms with E-state index in [0.29, 0.717) is 12.0 Å². The minimum Gasteiger partial charge on any atom is -0.337 e. The topological polar surface area (TPSA) is 76.0 Å². The Kier molecular flexibility index (Phi) is 3.23. The molecule has 0 unspecified atom stereocenters. The highest BCUT2D eigenvalue weighted by atomic mass is 16.2. The third-order valence-corrected chi connectivity index (χ3v) is 4.64. The number of aromatic nitrogens is 2. The van der Waals surface area contributed by atoms with Crippen molar-refractivity contribution in [2.75, 3.05) is 11.9 Å². The first-order valence-corrected chi connectivity index (χ1v) is 7.17. The lowest BCUT2D eigenvalue weighted by atomic mass is 9.65. The summed E-state index contributed by atoms with van der Waals surface area (Å²) in [6, 6.07) is -0.340. The summed E-state index contributed by atoms with van der Waals surface area (Å²) in [6.07, 6.45) is 9.33. The van der Waals surface area contributed by atoms with Gasteiger partial charge < -0.3 is 9.88 Å². The molecule has 0 bridgehead atoms. The van der Waals surface area contributed by atoms with Gasteiger partial charge in [-0.25, -0.2) is 9.78 Å². The predicted molar refractivity (Wildman–Crippen MR) is 75.5 cm³/mol. The summed E-state index contributed by atoms with van der Waals surface area (Å²) in [4.78, 5) is 27.5. The van der Waals surface area contributed by atoms with E-state index in [1.165, 1.54) is 42.9 Å². The molecule has 1 aromatic rings. The lowest BCUT2D eigenvalue weighted by Gasteiger charge is -2.42. The fourth-order valence-corrected chi connectivity index (χ4v) is 3.05. The molecule has 0 spiro atoms. The minimum absolute atomic E-state index is 0.0709. The lowest BCUT2D eigenvalue weighted by Crippen LogP contribution is -2.45. The zero-order valence-corrected chi connectivity index (χ0v) is 11.7. The standard InChI is InChI=1S/C14H20N4O2/c1-18-8-7-15-11(12(18)19)17-13(20)16-9-14(5-2-6-14)10-3-4-10/h7-8,10H,2-6,9H2,1H3,(H2,15,16,17,20). The quantitative estimate of drug-likeness (QED) is 0.874. The van der Waals surface area contributed by atoms with Gasteiger partial charge in [0.2, 0.25) is 5.82 Å². The molecule has 0 saturated heterocycles. The molecule has 108 valence electrons. The van der Waals surface area contributed by atoms with Crippen LogP contribution in [0.1, 0.15) is 32.1 Å². The molecule has 2 N–H and O–H groups in total. The monoisotopic (exact) mass is 276 g/mol. The zero-order valence-electron chi connectivity index (χ0n) is 11.7. The number of rotatable bonds is 4. The largest absolute Gasteiger partial charge is 0.337 e. The maximum Gasteiger partial charge on any atom is 0.320 e. The van der Waals surface area contributed by atoms with Crippen LogP contribution in [-0.2, 0) is 7.05 Å². The van der Waals surface area contributed by atoms with Crippen molar-refractivity contribution in [3.05, 3.63) is 22.7 Å². The molecule has 1 aromatic heterocycles. The second kappa shape index (κ2) is 4.92. The zero-order chi connectivity index (χ0) is 14.2. The molecule has 2 aliphatic rings. The number of amides is 2. The SMILES string of the molecule is Cn1ccnc(NC(=O)NCC2(C3CC3)CCC2)c1=O. The maximum absolute atomic E-state index is 11.9. The third kappa shape index (κ3) is 2.42. The highest BCUT2D eigenvalue weighted by Gasteiger charge is 2.48. The molecule has 2 aliphatic carbocycles. The van der Waals surface area contributed by atoms with Crippen LogP contribution in [0.5, 0.6) is 0 Å². The van der Waals surface area contributed by atoms with E-state index in [1.54, 1.807) is 13.2 Å². The predicted octanol–water partition coefficient (Wildman–Crippen LogP) is 1.48. The Balaban J connectivity index is 1.57. The van der Waals surface area contributed by atoms with Crippen molar-refractivity contribution in [3.63, 3.8) is 0 Å². The van der Waals surface area contributed by atoms with Gasteiger partial charge >= 0.3 is 6.03 Å². The summed E-state index contributed by atoms with van der Waals surface area (Å²) in [5.41, 5.74) is 0.0232. The first kappa shape index (κ1) is 13.1. The van der Waals surface area contributed by atoms with Gasteiger partial charge in [-0.1, -0.05) is 6.42 Å². The number of aryl methyl sites for hydroxylation is 1. The van der Waals surface area contributed by atoms with Crippen LogP contribution in [0.25, 0.3) is 0 Å².